The molecule has 0 aliphatic rings. The molecule has 0 saturated heterocycles. The SMILES string of the molecule is CCC(C)CCCCCCCCCCC(=O)OC[C@H](COP(=O)(O)OC[C@@H](O)COP(=O)(O)OC[C@@H](COC(=O)CCCCCCCCC(C)CC)OC(=O)CCCCCCCCCCCCC(C)C)OC(=O)CCCCCCCCCC(C)C. The molecular formula is C66H128O17P2. The lowest BCUT2D eigenvalue weighted by Gasteiger charge is -2.21. The van der Waals surface area contributed by atoms with E-state index < -0.39 is 97.5 Å². The van der Waals surface area contributed by atoms with Gasteiger partial charge in [-0.25, -0.2) is 9.13 Å². The summed E-state index contributed by atoms with van der Waals surface area (Å²) in [5.74, 6) is 0.818. The number of aliphatic hydroxyl groups is 1. The lowest BCUT2D eigenvalue weighted by Crippen LogP contribution is -2.30. The molecule has 0 radical (unpaired) electrons. The zero-order valence-corrected chi connectivity index (χ0v) is 57.0. The van der Waals surface area contributed by atoms with Crippen LogP contribution in [0.2, 0.25) is 0 Å². The van der Waals surface area contributed by atoms with E-state index in [0.717, 1.165) is 114 Å². The molecular weight excluding hydrogens is 1130 g/mol. The monoisotopic (exact) mass is 1250 g/mol. The Morgan fingerprint density at radius 3 is 0.835 bits per heavy atom. The first-order valence-electron chi connectivity index (χ1n) is 34.3. The summed E-state index contributed by atoms with van der Waals surface area (Å²) >= 11 is 0. The average Bonchev–Trinajstić information content (AvgIpc) is 3.59. The summed E-state index contributed by atoms with van der Waals surface area (Å²) in [6.45, 7) is 14.0. The van der Waals surface area contributed by atoms with Crippen LogP contribution in [0.15, 0.2) is 0 Å². The molecule has 17 nitrogen and oxygen atoms in total. The van der Waals surface area contributed by atoms with Crippen LogP contribution in [0.5, 0.6) is 0 Å². The molecule has 4 unspecified atom stereocenters. The van der Waals surface area contributed by atoms with E-state index in [1.54, 1.807) is 0 Å². The second-order valence-corrected chi connectivity index (χ2v) is 28.2. The van der Waals surface area contributed by atoms with Crippen molar-refractivity contribution in [1.82, 2.24) is 0 Å². The third kappa shape index (κ3) is 58.2. The summed E-state index contributed by atoms with van der Waals surface area (Å²) < 4.78 is 68.1. The number of rotatable bonds is 63. The molecule has 85 heavy (non-hydrogen) atoms. The van der Waals surface area contributed by atoms with Crippen LogP contribution >= 0.6 is 15.6 Å². The smallest absolute Gasteiger partial charge is 0.462 e. The maximum absolute atomic E-state index is 13.0. The predicted octanol–water partition coefficient (Wildman–Crippen LogP) is 18.1. The molecule has 0 aromatic carbocycles. The van der Waals surface area contributed by atoms with Gasteiger partial charge >= 0.3 is 39.5 Å². The Labute approximate surface area is 517 Å². The number of aliphatic hydroxyl groups excluding tert-OH is 1. The Kier molecular flexibility index (Phi) is 54.8. The molecule has 0 fully saturated rings. The van der Waals surface area contributed by atoms with Crippen molar-refractivity contribution in [3.05, 3.63) is 0 Å². The van der Waals surface area contributed by atoms with E-state index in [1.807, 2.05) is 0 Å². The number of carbonyl (C=O) groups is 4. The Morgan fingerprint density at radius 1 is 0.329 bits per heavy atom. The zero-order chi connectivity index (χ0) is 63.2. The van der Waals surface area contributed by atoms with Gasteiger partial charge in [0.1, 0.15) is 19.3 Å². The minimum absolute atomic E-state index is 0.102. The van der Waals surface area contributed by atoms with Gasteiger partial charge in [-0.1, -0.05) is 267 Å². The van der Waals surface area contributed by atoms with Crippen molar-refractivity contribution >= 4 is 39.5 Å². The molecule has 0 rings (SSSR count). The molecule has 0 aromatic heterocycles. The number of esters is 4. The van der Waals surface area contributed by atoms with Gasteiger partial charge in [0, 0.05) is 25.7 Å². The van der Waals surface area contributed by atoms with Gasteiger partial charge in [0.05, 0.1) is 26.4 Å². The van der Waals surface area contributed by atoms with Crippen LogP contribution in [0, 0.1) is 23.7 Å². The Hall–Kier alpha value is -1.94. The molecule has 504 valence electrons. The first-order valence-corrected chi connectivity index (χ1v) is 37.3. The van der Waals surface area contributed by atoms with Gasteiger partial charge in [0.15, 0.2) is 12.2 Å². The fraction of sp³-hybridized carbons (Fsp3) is 0.939. The second kappa shape index (κ2) is 56.1. The number of hydrogen-bond donors (Lipinski definition) is 3. The van der Waals surface area contributed by atoms with Crippen molar-refractivity contribution in [2.75, 3.05) is 39.6 Å². The van der Waals surface area contributed by atoms with E-state index in [9.17, 15) is 43.2 Å². The summed E-state index contributed by atoms with van der Waals surface area (Å²) in [5.41, 5.74) is 0. The van der Waals surface area contributed by atoms with Crippen LogP contribution in [-0.2, 0) is 65.4 Å². The first kappa shape index (κ1) is 83.1. The van der Waals surface area contributed by atoms with Crippen LogP contribution < -0.4 is 0 Å². The van der Waals surface area contributed by atoms with Crippen molar-refractivity contribution in [2.24, 2.45) is 23.7 Å². The highest BCUT2D eigenvalue weighted by atomic mass is 31.2. The Morgan fingerprint density at radius 2 is 0.565 bits per heavy atom. The van der Waals surface area contributed by atoms with Crippen LogP contribution in [0.4, 0.5) is 0 Å². The normalized spacial score (nSPS) is 15.0. The number of carbonyl (C=O) groups excluding carboxylic acids is 4. The number of ether oxygens (including phenoxy) is 4. The van der Waals surface area contributed by atoms with E-state index in [-0.39, 0.29) is 25.7 Å². The highest BCUT2D eigenvalue weighted by Gasteiger charge is 2.30. The predicted molar refractivity (Wildman–Crippen MR) is 340 cm³/mol. The molecule has 0 heterocycles. The first-order chi connectivity index (χ1) is 40.7. The summed E-state index contributed by atoms with van der Waals surface area (Å²) in [7, 11) is -9.89. The molecule has 0 aliphatic carbocycles. The van der Waals surface area contributed by atoms with Gasteiger partial charge in [-0.2, -0.15) is 0 Å². The third-order valence-electron chi connectivity index (χ3n) is 15.8. The molecule has 19 heteroatoms. The lowest BCUT2D eigenvalue weighted by molar-refractivity contribution is -0.161. The van der Waals surface area contributed by atoms with Gasteiger partial charge in [0.25, 0.3) is 0 Å². The molecule has 0 bridgehead atoms. The highest BCUT2D eigenvalue weighted by molar-refractivity contribution is 7.47. The van der Waals surface area contributed by atoms with E-state index in [2.05, 4.69) is 55.4 Å². The topological polar surface area (TPSA) is 237 Å². The standard InChI is InChI=1S/C66H128O17P2/c1-9-58(7)44-36-28-20-15-16-21-30-38-46-63(68)76-52-61(83-66(71)49-41-33-23-17-19-27-35-43-57(5)6)54-80-84(72,73)78-50-60(67)51-79-85(74,75)81-55-62(53-77-64(69)47-39-31-25-24-29-37-45-59(8)10-2)82-65(70)48-40-32-22-14-12-11-13-18-26-34-42-56(3)4/h56-62,67H,9-55H2,1-8H3,(H,72,73)(H,74,75)/t58?,59?,60-,61-,62-/m1/s1. The largest absolute Gasteiger partial charge is 0.472 e. The molecule has 3 N–H and O–H groups in total. The zero-order valence-electron chi connectivity index (χ0n) is 55.2. The molecule has 0 amide bonds. The number of phosphoric acid groups is 2. The van der Waals surface area contributed by atoms with Crippen LogP contribution in [0.1, 0.15) is 319 Å². The van der Waals surface area contributed by atoms with Crippen molar-refractivity contribution < 1.29 is 80.2 Å². The van der Waals surface area contributed by atoms with Crippen LogP contribution in [0.3, 0.4) is 0 Å². The van der Waals surface area contributed by atoms with Crippen molar-refractivity contribution in [1.29, 1.82) is 0 Å². The summed E-state index contributed by atoms with van der Waals surface area (Å²) in [4.78, 5) is 72.3. The quantitative estimate of drug-likeness (QED) is 0.0222. The lowest BCUT2D eigenvalue weighted by atomic mass is 9.99. The van der Waals surface area contributed by atoms with Gasteiger partial charge in [-0.3, -0.25) is 37.3 Å². The molecule has 0 aliphatic heterocycles. The fourth-order valence-electron chi connectivity index (χ4n) is 9.72. The third-order valence-corrected chi connectivity index (χ3v) is 17.7. The highest BCUT2D eigenvalue weighted by Crippen LogP contribution is 2.45. The van der Waals surface area contributed by atoms with Crippen LogP contribution in [0.25, 0.3) is 0 Å². The average molecular weight is 1260 g/mol. The minimum atomic E-state index is -4.95. The van der Waals surface area contributed by atoms with Crippen molar-refractivity contribution in [3.8, 4) is 0 Å². The van der Waals surface area contributed by atoms with Gasteiger partial charge < -0.3 is 33.8 Å². The number of hydrogen-bond acceptors (Lipinski definition) is 15. The summed E-state index contributed by atoms with van der Waals surface area (Å²) in [6.07, 6.45) is 36.2. The van der Waals surface area contributed by atoms with E-state index in [4.69, 9.17) is 37.0 Å². The van der Waals surface area contributed by atoms with Crippen LogP contribution in [-0.4, -0.2) is 96.7 Å². The summed E-state index contributed by atoms with van der Waals surface area (Å²) in [5, 5.41) is 10.6. The Balaban J connectivity index is 5.26. The van der Waals surface area contributed by atoms with Gasteiger partial charge in [0.2, 0.25) is 0 Å². The van der Waals surface area contributed by atoms with Crippen molar-refractivity contribution in [3.63, 3.8) is 0 Å². The Bertz CT molecular complexity index is 1700. The molecule has 0 saturated carbocycles. The molecule has 0 aromatic rings. The number of phosphoric ester groups is 2. The number of unbranched alkanes of at least 4 members (excludes halogenated alkanes) is 27. The minimum Gasteiger partial charge on any atom is -0.462 e. The van der Waals surface area contributed by atoms with Gasteiger partial charge in [-0.15, -0.1) is 0 Å². The second-order valence-electron chi connectivity index (χ2n) is 25.3. The van der Waals surface area contributed by atoms with E-state index in [0.29, 0.717) is 31.6 Å². The maximum atomic E-state index is 13.0. The summed E-state index contributed by atoms with van der Waals surface area (Å²) in [6, 6.07) is 0. The fourth-order valence-corrected chi connectivity index (χ4v) is 11.3. The van der Waals surface area contributed by atoms with E-state index >= 15 is 0 Å². The maximum Gasteiger partial charge on any atom is 0.472 e. The molecule has 7 atom stereocenters. The molecule has 0 spiro atoms. The van der Waals surface area contributed by atoms with Gasteiger partial charge in [-0.05, 0) is 49.4 Å². The van der Waals surface area contributed by atoms with E-state index in [1.165, 1.54) is 116 Å². The van der Waals surface area contributed by atoms with Crippen molar-refractivity contribution in [2.45, 2.75) is 337 Å².